The molecule has 3 heteroatoms. The average Bonchev–Trinajstić information content (AvgIpc) is 2.55. The summed E-state index contributed by atoms with van der Waals surface area (Å²) in [5.74, 6) is 0. The Bertz CT molecular complexity index is 304. The predicted molar refractivity (Wildman–Crippen MR) is 64.2 cm³/mol. The Morgan fingerprint density at radius 1 is 1.40 bits per heavy atom. The fourth-order valence-corrected chi connectivity index (χ4v) is 1.71. The number of aryl methyl sites for hydroxylation is 1. The van der Waals surface area contributed by atoms with Crippen molar-refractivity contribution in [1.29, 1.82) is 0 Å². The number of imidazole rings is 1. The standard InChI is InChI=1S/C12H23N3/c1-6-7-13-9(2)11(4)15-8-14-10(3)12(15)5/h8-9,11,13H,6-7H2,1-5H3. The summed E-state index contributed by atoms with van der Waals surface area (Å²) < 4.78 is 2.25. The smallest absolute Gasteiger partial charge is 0.0954 e. The summed E-state index contributed by atoms with van der Waals surface area (Å²) in [6.07, 6.45) is 3.12. The van der Waals surface area contributed by atoms with Crippen LogP contribution < -0.4 is 5.32 Å². The Morgan fingerprint density at radius 2 is 2.07 bits per heavy atom. The van der Waals surface area contributed by atoms with E-state index in [1.165, 1.54) is 12.1 Å². The van der Waals surface area contributed by atoms with E-state index in [0.717, 1.165) is 12.2 Å². The van der Waals surface area contributed by atoms with Gasteiger partial charge in [0.25, 0.3) is 0 Å². The molecule has 86 valence electrons. The molecular weight excluding hydrogens is 186 g/mol. The molecule has 1 N–H and O–H groups in total. The minimum atomic E-state index is 0.456. The number of aromatic nitrogens is 2. The van der Waals surface area contributed by atoms with Gasteiger partial charge in [0, 0.05) is 17.8 Å². The van der Waals surface area contributed by atoms with Crippen LogP contribution >= 0.6 is 0 Å². The van der Waals surface area contributed by atoms with Crippen molar-refractivity contribution in [3.8, 4) is 0 Å². The van der Waals surface area contributed by atoms with E-state index in [-0.39, 0.29) is 0 Å². The second-order valence-electron chi connectivity index (χ2n) is 4.31. The van der Waals surface area contributed by atoms with Gasteiger partial charge in [-0.05, 0) is 40.7 Å². The molecule has 0 aromatic carbocycles. The molecule has 0 spiro atoms. The summed E-state index contributed by atoms with van der Waals surface area (Å²) in [6, 6.07) is 0.940. The fourth-order valence-electron chi connectivity index (χ4n) is 1.71. The lowest BCUT2D eigenvalue weighted by atomic mass is 10.1. The van der Waals surface area contributed by atoms with Gasteiger partial charge in [-0.2, -0.15) is 0 Å². The van der Waals surface area contributed by atoms with E-state index in [4.69, 9.17) is 0 Å². The van der Waals surface area contributed by atoms with Gasteiger partial charge >= 0.3 is 0 Å². The van der Waals surface area contributed by atoms with Crippen LogP contribution in [0, 0.1) is 13.8 Å². The molecule has 15 heavy (non-hydrogen) atoms. The van der Waals surface area contributed by atoms with Crippen molar-refractivity contribution in [2.45, 2.75) is 53.1 Å². The van der Waals surface area contributed by atoms with E-state index in [1.807, 2.05) is 6.33 Å². The highest BCUT2D eigenvalue weighted by Crippen LogP contribution is 2.15. The fraction of sp³-hybridized carbons (Fsp3) is 0.750. The topological polar surface area (TPSA) is 29.9 Å². The number of hydrogen-bond donors (Lipinski definition) is 1. The van der Waals surface area contributed by atoms with Gasteiger partial charge in [-0.15, -0.1) is 0 Å². The average molecular weight is 209 g/mol. The molecule has 1 aromatic rings. The van der Waals surface area contributed by atoms with Crippen LogP contribution in [0.4, 0.5) is 0 Å². The van der Waals surface area contributed by atoms with Gasteiger partial charge in [0.15, 0.2) is 0 Å². The van der Waals surface area contributed by atoms with E-state index in [2.05, 4.69) is 49.5 Å². The third kappa shape index (κ3) is 2.81. The maximum Gasteiger partial charge on any atom is 0.0954 e. The summed E-state index contributed by atoms with van der Waals surface area (Å²) in [5.41, 5.74) is 2.40. The first kappa shape index (κ1) is 12.2. The van der Waals surface area contributed by atoms with Crippen LogP contribution in [0.25, 0.3) is 0 Å². The largest absolute Gasteiger partial charge is 0.330 e. The molecule has 0 saturated heterocycles. The van der Waals surface area contributed by atoms with Crippen LogP contribution in [-0.2, 0) is 0 Å². The molecule has 3 nitrogen and oxygen atoms in total. The summed E-state index contributed by atoms with van der Waals surface area (Å²) >= 11 is 0. The molecule has 0 radical (unpaired) electrons. The molecule has 2 unspecified atom stereocenters. The highest BCUT2D eigenvalue weighted by molar-refractivity contribution is 5.10. The zero-order valence-corrected chi connectivity index (χ0v) is 10.5. The lowest BCUT2D eigenvalue weighted by Gasteiger charge is -2.23. The van der Waals surface area contributed by atoms with Crippen LogP contribution in [0.5, 0.6) is 0 Å². The van der Waals surface area contributed by atoms with Crippen molar-refractivity contribution in [2.75, 3.05) is 6.54 Å². The SMILES string of the molecule is CCCNC(C)C(C)n1cnc(C)c1C. The Kier molecular flexibility index (Phi) is 4.33. The Hall–Kier alpha value is -0.830. The first-order chi connectivity index (χ1) is 7.07. The van der Waals surface area contributed by atoms with E-state index in [0.29, 0.717) is 12.1 Å². The van der Waals surface area contributed by atoms with Crippen molar-refractivity contribution in [1.82, 2.24) is 14.9 Å². The first-order valence-corrected chi connectivity index (χ1v) is 5.81. The molecule has 2 atom stereocenters. The molecule has 0 bridgehead atoms. The molecule has 0 fully saturated rings. The molecule has 0 aliphatic rings. The molecule has 1 rings (SSSR count). The van der Waals surface area contributed by atoms with Crippen LogP contribution in [-0.4, -0.2) is 22.1 Å². The number of hydrogen-bond acceptors (Lipinski definition) is 2. The van der Waals surface area contributed by atoms with Gasteiger partial charge in [0.2, 0.25) is 0 Å². The highest BCUT2D eigenvalue weighted by Gasteiger charge is 2.15. The minimum absolute atomic E-state index is 0.456. The van der Waals surface area contributed by atoms with Crippen molar-refractivity contribution in [3.63, 3.8) is 0 Å². The van der Waals surface area contributed by atoms with Crippen molar-refractivity contribution < 1.29 is 0 Å². The lowest BCUT2D eigenvalue weighted by Crippen LogP contribution is -2.34. The highest BCUT2D eigenvalue weighted by atomic mass is 15.1. The molecular formula is C12H23N3. The maximum atomic E-state index is 4.34. The van der Waals surface area contributed by atoms with Crippen LogP contribution in [0.2, 0.25) is 0 Å². The molecule has 0 saturated carbocycles. The van der Waals surface area contributed by atoms with Gasteiger partial charge in [0.05, 0.1) is 12.0 Å². The summed E-state index contributed by atoms with van der Waals surface area (Å²) in [5, 5.41) is 3.52. The van der Waals surface area contributed by atoms with Crippen molar-refractivity contribution in [3.05, 3.63) is 17.7 Å². The van der Waals surface area contributed by atoms with Gasteiger partial charge in [-0.3, -0.25) is 0 Å². The van der Waals surface area contributed by atoms with E-state index in [1.54, 1.807) is 0 Å². The van der Waals surface area contributed by atoms with Gasteiger partial charge < -0.3 is 9.88 Å². The van der Waals surface area contributed by atoms with Crippen LogP contribution in [0.1, 0.15) is 44.6 Å². The van der Waals surface area contributed by atoms with E-state index < -0.39 is 0 Å². The number of nitrogens with zero attached hydrogens (tertiary/aromatic N) is 2. The normalized spacial score (nSPS) is 15.3. The van der Waals surface area contributed by atoms with Crippen LogP contribution in [0.3, 0.4) is 0 Å². The van der Waals surface area contributed by atoms with Crippen molar-refractivity contribution in [2.24, 2.45) is 0 Å². The molecule has 0 aliphatic carbocycles. The van der Waals surface area contributed by atoms with Crippen LogP contribution in [0.15, 0.2) is 6.33 Å². The molecule has 0 amide bonds. The Balaban J connectivity index is 2.67. The summed E-state index contributed by atoms with van der Waals surface area (Å²) in [6.45, 7) is 11.9. The molecule has 0 aliphatic heterocycles. The zero-order chi connectivity index (χ0) is 11.4. The summed E-state index contributed by atoms with van der Waals surface area (Å²) in [4.78, 5) is 4.34. The third-order valence-electron chi connectivity index (χ3n) is 3.17. The molecule has 1 aromatic heterocycles. The summed E-state index contributed by atoms with van der Waals surface area (Å²) in [7, 11) is 0. The Morgan fingerprint density at radius 3 is 2.53 bits per heavy atom. The van der Waals surface area contributed by atoms with Gasteiger partial charge in [0.1, 0.15) is 0 Å². The third-order valence-corrected chi connectivity index (χ3v) is 3.17. The minimum Gasteiger partial charge on any atom is -0.330 e. The predicted octanol–water partition coefficient (Wildman–Crippen LogP) is 2.45. The monoisotopic (exact) mass is 209 g/mol. The first-order valence-electron chi connectivity index (χ1n) is 5.81. The zero-order valence-electron chi connectivity index (χ0n) is 10.5. The van der Waals surface area contributed by atoms with E-state index in [9.17, 15) is 0 Å². The van der Waals surface area contributed by atoms with Crippen molar-refractivity contribution >= 4 is 0 Å². The quantitative estimate of drug-likeness (QED) is 0.807. The number of rotatable bonds is 5. The lowest BCUT2D eigenvalue weighted by molar-refractivity contribution is 0.388. The van der Waals surface area contributed by atoms with Gasteiger partial charge in [-0.1, -0.05) is 6.92 Å². The second-order valence-corrected chi connectivity index (χ2v) is 4.31. The second kappa shape index (κ2) is 5.31. The maximum absolute atomic E-state index is 4.34. The number of nitrogens with one attached hydrogen (secondary N) is 1. The van der Waals surface area contributed by atoms with Gasteiger partial charge in [-0.25, -0.2) is 4.98 Å². The van der Waals surface area contributed by atoms with E-state index >= 15 is 0 Å². The Labute approximate surface area is 92.9 Å². The molecule has 1 heterocycles.